The van der Waals surface area contributed by atoms with Gasteiger partial charge in [0.15, 0.2) is 0 Å². The highest BCUT2D eigenvalue weighted by Gasteiger charge is 2.62. The number of urea groups is 1. The number of nitrogens with one attached hydrogen (secondary N) is 2. The van der Waals surface area contributed by atoms with Gasteiger partial charge in [0, 0.05) is 35.4 Å². The van der Waals surface area contributed by atoms with Crippen molar-refractivity contribution in [2.45, 2.75) is 75.6 Å². The molecule has 12 nitrogen and oxygen atoms in total. The minimum absolute atomic E-state index is 0.0229. The molecule has 5 rings (SSSR count). The normalized spacial score (nSPS) is 21.1. The summed E-state index contributed by atoms with van der Waals surface area (Å²) in [6, 6.07) is 14.4. The first-order valence-corrected chi connectivity index (χ1v) is 17.8. The van der Waals surface area contributed by atoms with Gasteiger partial charge in [0.25, 0.3) is 0 Å². The maximum Gasteiger partial charge on any atom is 0.332 e. The van der Waals surface area contributed by atoms with E-state index in [1.807, 2.05) is 60.7 Å². The average Bonchev–Trinajstić information content (AvgIpc) is 3.72. The van der Waals surface area contributed by atoms with Crippen molar-refractivity contribution in [3.05, 3.63) is 79.9 Å². The number of carbonyl (C=O) groups excluding carboxylic acids is 4. The number of esters is 2. The number of nitrogens with zero attached hydrogens (tertiary/aromatic N) is 2. The van der Waals surface area contributed by atoms with Crippen molar-refractivity contribution in [2.24, 2.45) is 5.92 Å². The SMILES string of the molecule is C=CCCCCCC(NC(=O)N1CC(Oc2cc(-c3ccccc3)nc3cc(OC)ccc23)CC1C(=O)NC1(C(=O)OCC)CC1C=C)C(=O)OC. The molecule has 52 heavy (non-hydrogen) atoms. The fourth-order valence-corrected chi connectivity index (χ4v) is 6.69. The second-order valence-corrected chi connectivity index (χ2v) is 13.1. The zero-order chi connectivity index (χ0) is 37.3. The van der Waals surface area contributed by atoms with Crippen molar-refractivity contribution >= 4 is 34.8 Å². The van der Waals surface area contributed by atoms with Gasteiger partial charge in [-0.3, -0.25) is 4.79 Å². The summed E-state index contributed by atoms with van der Waals surface area (Å²) >= 11 is 0. The molecule has 2 fully saturated rings. The van der Waals surface area contributed by atoms with Gasteiger partial charge < -0.3 is 34.5 Å². The van der Waals surface area contributed by atoms with Gasteiger partial charge in [-0.25, -0.2) is 19.4 Å². The van der Waals surface area contributed by atoms with Gasteiger partial charge in [0.1, 0.15) is 35.2 Å². The first kappa shape index (κ1) is 37.9. The van der Waals surface area contributed by atoms with E-state index in [1.54, 1.807) is 20.1 Å². The van der Waals surface area contributed by atoms with E-state index in [2.05, 4.69) is 23.8 Å². The molecule has 1 aliphatic carbocycles. The molecule has 276 valence electrons. The Labute approximate surface area is 304 Å². The number of unbranched alkanes of at least 4 members (excludes halogenated alkanes) is 3. The Balaban J connectivity index is 1.44. The van der Waals surface area contributed by atoms with Gasteiger partial charge in [-0.2, -0.15) is 0 Å². The highest BCUT2D eigenvalue weighted by Crippen LogP contribution is 2.46. The van der Waals surface area contributed by atoms with Crippen LogP contribution in [0.25, 0.3) is 22.2 Å². The van der Waals surface area contributed by atoms with Crippen molar-refractivity contribution in [1.29, 1.82) is 0 Å². The Morgan fingerprint density at radius 1 is 1.06 bits per heavy atom. The van der Waals surface area contributed by atoms with E-state index in [1.165, 1.54) is 12.0 Å². The molecule has 5 unspecified atom stereocenters. The summed E-state index contributed by atoms with van der Waals surface area (Å²) < 4.78 is 22.4. The molecule has 0 spiro atoms. The number of hydrogen-bond acceptors (Lipinski definition) is 9. The molecule has 0 bridgehead atoms. The molecular formula is C40H48N4O8. The Morgan fingerprint density at radius 2 is 1.85 bits per heavy atom. The van der Waals surface area contributed by atoms with Crippen LogP contribution in [0.1, 0.15) is 51.9 Å². The monoisotopic (exact) mass is 712 g/mol. The zero-order valence-corrected chi connectivity index (χ0v) is 30.1. The fourth-order valence-electron chi connectivity index (χ4n) is 6.69. The van der Waals surface area contributed by atoms with Crippen molar-refractivity contribution in [2.75, 3.05) is 27.4 Å². The van der Waals surface area contributed by atoms with E-state index in [4.69, 9.17) is 23.9 Å². The van der Waals surface area contributed by atoms with Crippen LogP contribution in [0.5, 0.6) is 11.5 Å². The third-order valence-electron chi connectivity index (χ3n) is 9.64. The van der Waals surface area contributed by atoms with E-state index in [-0.39, 0.29) is 25.5 Å². The zero-order valence-electron chi connectivity index (χ0n) is 30.1. The minimum Gasteiger partial charge on any atom is -0.497 e. The quantitative estimate of drug-likeness (QED) is 0.102. The average molecular weight is 713 g/mol. The number of benzene rings is 2. The van der Waals surface area contributed by atoms with E-state index in [0.717, 1.165) is 30.2 Å². The molecule has 3 aromatic rings. The Morgan fingerprint density at radius 3 is 2.52 bits per heavy atom. The number of rotatable bonds is 17. The highest BCUT2D eigenvalue weighted by molar-refractivity contribution is 5.96. The fraction of sp³-hybridized carbons (Fsp3) is 0.425. The number of pyridine rings is 1. The highest BCUT2D eigenvalue weighted by atomic mass is 16.5. The van der Waals surface area contributed by atoms with Crippen LogP contribution < -0.4 is 20.1 Å². The number of hydrogen-bond donors (Lipinski definition) is 2. The number of likely N-dealkylation sites (tertiary alicyclic amines) is 1. The summed E-state index contributed by atoms with van der Waals surface area (Å²) in [4.78, 5) is 60.1. The molecule has 5 atom stereocenters. The van der Waals surface area contributed by atoms with Gasteiger partial charge in [0.2, 0.25) is 5.91 Å². The first-order valence-electron chi connectivity index (χ1n) is 17.8. The van der Waals surface area contributed by atoms with Gasteiger partial charge in [-0.1, -0.05) is 55.3 Å². The van der Waals surface area contributed by atoms with Crippen molar-refractivity contribution in [3.63, 3.8) is 0 Å². The van der Waals surface area contributed by atoms with Crippen LogP contribution in [0.2, 0.25) is 0 Å². The first-order chi connectivity index (χ1) is 25.2. The van der Waals surface area contributed by atoms with Crippen LogP contribution in [-0.4, -0.2) is 84.9 Å². The van der Waals surface area contributed by atoms with E-state index in [0.29, 0.717) is 42.0 Å². The van der Waals surface area contributed by atoms with Crippen molar-refractivity contribution in [1.82, 2.24) is 20.5 Å². The van der Waals surface area contributed by atoms with Crippen LogP contribution in [-0.2, 0) is 23.9 Å². The molecule has 12 heteroatoms. The Hall–Kier alpha value is -5.39. The van der Waals surface area contributed by atoms with Gasteiger partial charge in [-0.15, -0.1) is 13.2 Å². The number of fused-ring (bicyclic) bond motifs is 1. The molecule has 1 saturated heterocycles. The number of carbonyl (C=O) groups is 4. The summed E-state index contributed by atoms with van der Waals surface area (Å²) in [5.41, 5.74) is 0.937. The predicted octanol–water partition coefficient (Wildman–Crippen LogP) is 5.74. The smallest absolute Gasteiger partial charge is 0.332 e. The molecule has 2 heterocycles. The van der Waals surface area contributed by atoms with Crippen LogP contribution >= 0.6 is 0 Å². The third kappa shape index (κ3) is 8.55. The summed E-state index contributed by atoms with van der Waals surface area (Å²) in [6.45, 7) is 9.43. The number of methoxy groups -OCH3 is 2. The Bertz CT molecular complexity index is 1780. The number of ether oxygens (including phenoxy) is 4. The lowest BCUT2D eigenvalue weighted by Gasteiger charge is -2.27. The molecule has 1 aromatic heterocycles. The standard InChI is InChI=1S/C40H48N4O8/c1-6-9-10-11-15-18-31(37(46)50-5)42-39(48)44-25-29(22-34(44)36(45)43-40(24-27(40)7-2)38(47)51-8-3)52-35-23-32(26-16-13-12-14-17-26)41-33-21-28(49-4)19-20-30(33)35/h6-7,12-14,16-17,19-21,23,27,29,31,34H,1-2,8-11,15,18,22,24-25H2,3-5H3,(H,42,48)(H,43,45). The lowest BCUT2D eigenvalue weighted by Crippen LogP contribution is -2.56. The van der Waals surface area contributed by atoms with Crippen LogP contribution in [0.3, 0.4) is 0 Å². The second kappa shape index (κ2) is 17.2. The predicted molar refractivity (Wildman–Crippen MR) is 197 cm³/mol. The molecule has 3 amide bonds. The molecule has 2 aliphatic rings. The van der Waals surface area contributed by atoms with Crippen LogP contribution in [0.15, 0.2) is 79.9 Å². The molecule has 2 aromatic carbocycles. The molecule has 1 saturated carbocycles. The van der Waals surface area contributed by atoms with Crippen LogP contribution in [0, 0.1) is 5.92 Å². The van der Waals surface area contributed by atoms with Crippen molar-refractivity contribution in [3.8, 4) is 22.8 Å². The van der Waals surface area contributed by atoms with E-state index < -0.39 is 47.6 Å². The molecule has 1 aliphatic heterocycles. The molecular weight excluding hydrogens is 664 g/mol. The van der Waals surface area contributed by atoms with Gasteiger partial charge >= 0.3 is 18.0 Å². The summed E-state index contributed by atoms with van der Waals surface area (Å²) in [5, 5.41) is 6.42. The minimum atomic E-state index is -1.26. The summed E-state index contributed by atoms with van der Waals surface area (Å²) in [7, 11) is 2.86. The lowest BCUT2D eigenvalue weighted by atomic mass is 10.1. The van der Waals surface area contributed by atoms with E-state index in [9.17, 15) is 19.2 Å². The van der Waals surface area contributed by atoms with Crippen molar-refractivity contribution < 1.29 is 38.1 Å². The number of aromatic nitrogens is 1. The lowest BCUT2D eigenvalue weighted by molar-refractivity contribution is -0.149. The second-order valence-electron chi connectivity index (χ2n) is 13.1. The van der Waals surface area contributed by atoms with E-state index >= 15 is 0 Å². The molecule has 0 radical (unpaired) electrons. The topological polar surface area (TPSA) is 145 Å². The Kier molecular flexibility index (Phi) is 12.5. The maximum atomic E-state index is 14.1. The number of amides is 3. The maximum absolute atomic E-state index is 14.1. The third-order valence-corrected chi connectivity index (χ3v) is 9.64. The summed E-state index contributed by atoms with van der Waals surface area (Å²) in [5.74, 6) is -0.832. The molecule has 2 N–H and O–H groups in total. The largest absolute Gasteiger partial charge is 0.497 e. The van der Waals surface area contributed by atoms with Gasteiger partial charge in [0.05, 0.1) is 38.6 Å². The van der Waals surface area contributed by atoms with Crippen LogP contribution in [0.4, 0.5) is 4.79 Å². The number of allylic oxidation sites excluding steroid dienone is 1. The van der Waals surface area contributed by atoms with Gasteiger partial charge in [-0.05, 0) is 44.7 Å². The summed E-state index contributed by atoms with van der Waals surface area (Å²) in [6.07, 6.45) is 6.93.